The molecule has 0 radical (unpaired) electrons. The normalized spacial score (nSPS) is 10.8. The fourth-order valence-electron chi connectivity index (χ4n) is 3.95. The van der Waals surface area contributed by atoms with Gasteiger partial charge >= 0.3 is 0 Å². The van der Waals surface area contributed by atoms with Crippen molar-refractivity contribution in [2.24, 2.45) is 0 Å². The predicted octanol–water partition coefficient (Wildman–Crippen LogP) is 7.08. The van der Waals surface area contributed by atoms with E-state index in [-0.39, 0.29) is 5.91 Å². The van der Waals surface area contributed by atoms with Crippen molar-refractivity contribution in [2.45, 2.75) is 13.8 Å². The van der Waals surface area contributed by atoms with E-state index in [1.165, 1.54) is 5.56 Å². The summed E-state index contributed by atoms with van der Waals surface area (Å²) in [5, 5.41) is 7.65. The molecule has 0 aliphatic rings. The van der Waals surface area contributed by atoms with Gasteiger partial charge < -0.3 is 5.32 Å². The molecule has 0 spiro atoms. The van der Waals surface area contributed by atoms with Gasteiger partial charge in [0.1, 0.15) is 0 Å². The van der Waals surface area contributed by atoms with Crippen LogP contribution in [0.1, 0.15) is 21.6 Å². The average Bonchev–Trinajstić information content (AvgIpc) is 3.32. The molecule has 1 heterocycles. The zero-order chi connectivity index (χ0) is 23.5. The van der Waals surface area contributed by atoms with Gasteiger partial charge in [0.15, 0.2) is 5.69 Å². The largest absolute Gasteiger partial charge is 0.321 e. The second kappa shape index (κ2) is 9.20. The average molecular weight is 444 g/mol. The molecule has 0 saturated carbocycles. The summed E-state index contributed by atoms with van der Waals surface area (Å²) in [6.07, 6.45) is 0. The van der Waals surface area contributed by atoms with Crippen molar-refractivity contribution < 1.29 is 4.79 Å². The lowest BCUT2D eigenvalue weighted by Crippen LogP contribution is -2.13. The molecule has 0 aliphatic heterocycles. The quantitative estimate of drug-likeness (QED) is 0.316. The van der Waals surface area contributed by atoms with Crippen molar-refractivity contribution in [3.8, 4) is 28.1 Å². The van der Waals surface area contributed by atoms with Crippen LogP contribution in [0.15, 0.2) is 109 Å². The number of nitrogens with one attached hydrogen (secondary N) is 1. The monoisotopic (exact) mass is 443 g/mol. The number of benzene rings is 4. The highest BCUT2D eigenvalue weighted by molar-refractivity contribution is 6.03. The van der Waals surface area contributed by atoms with Gasteiger partial charge in [-0.3, -0.25) is 4.79 Å². The Balaban J connectivity index is 1.53. The molecule has 1 amide bonds. The third kappa shape index (κ3) is 4.52. The third-order valence-corrected chi connectivity index (χ3v) is 5.79. The summed E-state index contributed by atoms with van der Waals surface area (Å²) in [5.41, 5.74) is 8.45. The Morgan fingerprint density at radius 2 is 1.35 bits per heavy atom. The minimum absolute atomic E-state index is 0.239. The predicted molar refractivity (Wildman–Crippen MR) is 138 cm³/mol. The molecule has 1 N–H and O–H groups in total. The van der Waals surface area contributed by atoms with Crippen LogP contribution < -0.4 is 5.32 Å². The van der Waals surface area contributed by atoms with E-state index in [2.05, 4.69) is 47.8 Å². The maximum Gasteiger partial charge on any atom is 0.276 e. The summed E-state index contributed by atoms with van der Waals surface area (Å²) >= 11 is 0. The van der Waals surface area contributed by atoms with Crippen LogP contribution in [0.25, 0.3) is 28.1 Å². The van der Waals surface area contributed by atoms with Crippen molar-refractivity contribution in [3.05, 3.63) is 126 Å². The highest BCUT2D eigenvalue weighted by Crippen LogP contribution is 2.28. The van der Waals surface area contributed by atoms with Crippen LogP contribution in [0.3, 0.4) is 0 Å². The van der Waals surface area contributed by atoms with Crippen molar-refractivity contribution in [2.75, 3.05) is 5.32 Å². The van der Waals surface area contributed by atoms with E-state index < -0.39 is 0 Å². The van der Waals surface area contributed by atoms with Gasteiger partial charge in [-0.15, -0.1) is 0 Å². The number of aryl methyl sites for hydroxylation is 2. The first kappa shape index (κ1) is 21.4. The summed E-state index contributed by atoms with van der Waals surface area (Å²) < 4.78 is 1.84. The van der Waals surface area contributed by atoms with Crippen LogP contribution in [0.2, 0.25) is 0 Å². The second-order valence-electron chi connectivity index (χ2n) is 8.43. The summed E-state index contributed by atoms with van der Waals surface area (Å²) in [7, 11) is 0. The SMILES string of the molecule is Cc1ccc(NC(=O)c2cc(-c3ccc(-c4ccccc4)cc3)n(-c3cccc(C)c3)n2)cc1. The van der Waals surface area contributed by atoms with Crippen molar-refractivity contribution >= 4 is 11.6 Å². The molecule has 0 aliphatic carbocycles. The molecule has 4 aromatic carbocycles. The van der Waals surface area contributed by atoms with Gasteiger partial charge in [0.05, 0.1) is 11.4 Å². The number of hydrogen-bond acceptors (Lipinski definition) is 2. The molecule has 0 fully saturated rings. The number of carbonyl (C=O) groups is 1. The fourth-order valence-corrected chi connectivity index (χ4v) is 3.95. The van der Waals surface area contributed by atoms with E-state index in [0.717, 1.165) is 39.3 Å². The lowest BCUT2D eigenvalue weighted by atomic mass is 10.0. The first-order valence-corrected chi connectivity index (χ1v) is 11.3. The van der Waals surface area contributed by atoms with E-state index in [9.17, 15) is 4.79 Å². The Morgan fingerprint density at radius 1 is 0.676 bits per heavy atom. The third-order valence-electron chi connectivity index (χ3n) is 5.79. The van der Waals surface area contributed by atoms with Gasteiger partial charge in [0, 0.05) is 11.3 Å². The van der Waals surface area contributed by atoms with Crippen LogP contribution in [0.4, 0.5) is 5.69 Å². The number of nitrogens with zero attached hydrogens (tertiary/aromatic N) is 2. The molecule has 0 bridgehead atoms. The Bertz CT molecular complexity index is 1430. The molecule has 0 atom stereocenters. The van der Waals surface area contributed by atoms with Gasteiger partial charge in [0.25, 0.3) is 5.91 Å². The first-order valence-electron chi connectivity index (χ1n) is 11.3. The standard InChI is InChI=1S/C30H25N3O/c1-21-11-17-26(18-12-21)31-30(34)28-20-29(33(32-28)27-10-6-7-22(2)19-27)25-15-13-24(14-16-25)23-8-4-3-5-9-23/h3-20H,1-2H3,(H,31,34). The van der Waals surface area contributed by atoms with Gasteiger partial charge in [-0.2, -0.15) is 5.10 Å². The lowest BCUT2D eigenvalue weighted by molar-refractivity contribution is 0.102. The smallest absolute Gasteiger partial charge is 0.276 e. The zero-order valence-corrected chi connectivity index (χ0v) is 19.2. The maximum absolute atomic E-state index is 13.0. The molecule has 34 heavy (non-hydrogen) atoms. The van der Waals surface area contributed by atoms with Gasteiger partial charge in [0.2, 0.25) is 0 Å². The van der Waals surface area contributed by atoms with Crippen LogP contribution in [0, 0.1) is 13.8 Å². The number of anilines is 1. The summed E-state index contributed by atoms with van der Waals surface area (Å²) in [6, 6.07) is 36.3. The molecular formula is C30H25N3O. The van der Waals surface area contributed by atoms with Crippen LogP contribution in [-0.4, -0.2) is 15.7 Å². The summed E-state index contributed by atoms with van der Waals surface area (Å²) in [4.78, 5) is 13.0. The molecule has 4 nitrogen and oxygen atoms in total. The fraction of sp³-hybridized carbons (Fsp3) is 0.0667. The number of amides is 1. The topological polar surface area (TPSA) is 46.9 Å². The number of rotatable bonds is 5. The molecule has 1 aromatic heterocycles. The van der Waals surface area contributed by atoms with E-state index in [0.29, 0.717) is 5.69 Å². The van der Waals surface area contributed by atoms with E-state index >= 15 is 0 Å². The first-order chi connectivity index (χ1) is 16.6. The van der Waals surface area contributed by atoms with E-state index in [4.69, 9.17) is 5.10 Å². The molecule has 5 aromatic rings. The highest BCUT2D eigenvalue weighted by Gasteiger charge is 2.17. The minimum Gasteiger partial charge on any atom is -0.321 e. The zero-order valence-electron chi connectivity index (χ0n) is 19.2. The molecular weight excluding hydrogens is 418 g/mol. The number of hydrogen-bond donors (Lipinski definition) is 1. The molecule has 0 saturated heterocycles. The maximum atomic E-state index is 13.0. The number of aromatic nitrogens is 2. The second-order valence-corrected chi connectivity index (χ2v) is 8.43. The van der Waals surface area contributed by atoms with Gasteiger partial charge in [-0.1, -0.05) is 84.4 Å². The molecule has 166 valence electrons. The van der Waals surface area contributed by atoms with E-state index in [1.807, 2.05) is 85.3 Å². The van der Waals surface area contributed by atoms with Crippen molar-refractivity contribution in [1.29, 1.82) is 0 Å². The Labute approximate surface area is 199 Å². The minimum atomic E-state index is -0.239. The van der Waals surface area contributed by atoms with Gasteiger partial charge in [-0.05, 0) is 60.9 Å². The van der Waals surface area contributed by atoms with Crippen molar-refractivity contribution in [1.82, 2.24) is 9.78 Å². The molecule has 0 unspecified atom stereocenters. The Hall–Kier alpha value is -4.44. The number of carbonyl (C=O) groups excluding carboxylic acids is 1. The summed E-state index contributed by atoms with van der Waals surface area (Å²) in [6.45, 7) is 4.07. The summed E-state index contributed by atoms with van der Waals surface area (Å²) in [5.74, 6) is -0.239. The molecule has 4 heteroatoms. The highest BCUT2D eigenvalue weighted by atomic mass is 16.1. The van der Waals surface area contributed by atoms with Crippen LogP contribution in [-0.2, 0) is 0 Å². The lowest BCUT2D eigenvalue weighted by Gasteiger charge is -2.09. The van der Waals surface area contributed by atoms with Gasteiger partial charge in [-0.25, -0.2) is 4.68 Å². The Kier molecular flexibility index (Phi) is 5.79. The van der Waals surface area contributed by atoms with Crippen LogP contribution in [0.5, 0.6) is 0 Å². The van der Waals surface area contributed by atoms with E-state index in [1.54, 1.807) is 0 Å². The van der Waals surface area contributed by atoms with Crippen LogP contribution >= 0.6 is 0 Å². The Morgan fingerprint density at radius 3 is 2.06 bits per heavy atom. The van der Waals surface area contributed by atoms with Crippen molar-refractivity contribution in [3.63, 3.8) is 0 Å². The molecule has 5 rings (SSSR count).